The van der Waals surface area contributed by atoms with Crippen molar-refractivity contribution in [2.24, 2.45) is 0 Å². The Bertz CT molecular complexity index is 2670. The SMILES string of the molecule is c1ccc(-c2nc(-c3ccccc3)c(N3c4ccccc4Oc4cc(-n5c6ccccc6c6ccccc65)ccc43)nc2-c2ccccc2)cc1. The monoisotopic (exact) mass is 654 g/mol. The Morgan fingerprint density at radius 3 is 1.51 bits per heavy atom. The molecular formula is C46H30N4O. The Hall–Kier alpha value is -6.98. The van der Waals surface area contributed by atoms with E-state index in [1.54, 1.807) is 0 Å². The average molecular weight is 655 g/mol. The van der Waals surface area contributed by atoms with E-state index in [-0.39, 0.29) is 0 Å². The van der Waals surface area contributed by atoms with E-state index in [4.69, 9.17) is 14.7 Å². The van der Waals surface area contributed by atoms with Crippen LogP contribution >= 0.6 is 0 Å². The third kappa shape index (κ3) is 4.78. The van der Waals surface area contributed by atoms with Crippen LogP contribution in [0.15, 0.2) is 182 Å². The van der Waals surface area contributed by atoms with E-state index in [2.05, 4.69) is 119 Å². The van der Waals surface area contributed by atoms with Crippen LogP contribution in [0.25, 0.3) is 61.3 Å². The molecule has 2 aromatic heterocycles. The highest BCUT2D eigenvalue weighted by Crippen LogP contribution is 2.53. The lowest BCUT2D eigenvalue weighted by Crippen LogP contribution is -2.19. The molecule has 3 heterocycles. The van der Waals surface area contributed by atoms with Crippen molar-refractivity contribution in [3.63, 3.8) is 0 Å². The predicted molar refractivity (Wildman–Crippen MR) is 207 cm³/mol. The Balaban J connectivity index is 1.24. The van der Waals surface area contributed by atoms with Crippen LogP contribution in [0.2, 0.25) is 0 Å². The molecule has 0 atom stereocenters. The molecule has 9 aromatic rings. The minimum absolute atomic E-state index is 0.723. The van der Waals surface area contributed by atoms with Gasteiger partial charge in [-0.1, -0.05) is 140 Å². The molecule has 0 saturated carbocycles. The van der Waals surface area contributed by atoms with Crippen molar-refractivity contribution >= 4 is 39.0 Å². The van der Waals surface area contributed by atoms with Gasteiger partial charge in [0.05, 0.1) is 39.5 Å². The topological polar surface area (TPSA) is 43.2 Å². The summed E-state index contributed by atoms with van der Waals surface area (Å²) in [5, 5.41) is 2.43. The van der Waals surface area contributed by atoms with Crippen molar-refractivity contribution < 1.29 is 4.74 Å². The molecule has 51 heavy (non-hydrogen) atoms. The number of benzene rings is 7. The quantitative estimate of drug-likeness (QED) is 0.185. The van der Waals surface area contributed by atoms with E-state index in [0.717, 1.165) is 79.2 Å². The lowest BCUT2D eigenvalue weighted by atomic mass is 10.0. The van der Waals surface area contributed by atoms with Crippen LogP contribution in [0.4, 0.5) is 17.2 Å². The fourth-order valence-electron chi connectivity index (χ4n) is 7.28. The van der Waals surface area contributed by atoms with Gasteiger partial charge in [-0.25, -0.2) is 9.97 Å². The number of para-hydroxylation sites is 4. The number of anilines is 3. The molecule has 7 aromatic carbocycles. The maximum Gasteiger partial charge on any atom is 0.165 e. The highest BCUT2D eigenvalue weighted by Gasteiger charge is 2.31. The molecule has 0 unspecified atom stereocenters. The third-order valence-electron chi connectivity index (χ3n) is 9.58. The minimum atomic E-state index is 0.723. The molecule has 1 aliphatic rings. The van der Waals surface area contributed by atoms with E-state index < -0.39 is 0 Å². The lowest BCUT2D eigenvalue weighted by Gasteiger charge is -2.33. The van der Waals surface area contributed by atoms with Gasteiger partial charge >= 0.3 is 0 Å². The summed E-state index contributed by atoms with van der Waals surface area (Å²) in [4.78, 5) is 13.3. The molecular weight excluding hydrogens is 625 g/mol. The van der Waals surface area contributed by atoms with Crippen LogP contribution in [-0.2, 0) is 0 Å². The first kappa shape index (κ1) is 29.0. The molecule has 10 rings (SSSR count). The molecule has 0 bridgehead atoms. The van der Waals surface area contributed by atoms with Gasteiger partial charge < -0.3 is 9.30 Å². The average Bonchev–Trinajstić information content (AvgIpc) is 3.55. The summed E-state index contributed by atoms with van der Waals surface area (Å²) in [5.41, 5.74) is 10.5. The molecule has 0 aliphatic carbocycles. The largest absolute Gasteiger partial charge is 0.453 e. The van der Waals surface area contributed by atoms with Crippen LogP contribution in [0.1, 0.15) is 0 Å². The summed E-state index contributed by atoms with van der Waals surface area (Å²) in [6.07, 6.45) is 0. The molecule has 0 fully saturated rings. The molecule has 0 saturated heterocycles. The summed E-state index contributed by atoms with van der Waals surface area (Å²) >= 11 is 0. The predicted octanol–water partition coefficient (Wildman–Crippen LogP) is 12.2. The minimum Gasteiger partial charge on any atom is -0.453 e. The molecule has 240 valence electrons. The van der Waals surface area contributed by atoms with E-state index in [1.165, 1.54) is 10.8 Å². The smallest absolute Gasteiger partial charge is 0.165 e. The summed E-state index contributed by atoms with van der Waals surface area (Å²) in [7, 11) is 0. The first-order valence-corrected chi connectivity index (χ1v) is 17.1. The first-order valence-electron chi connectivity index (χ1n) is 17.1. The molecule has 1 aliphatic heterocycles. The molecule has 5 nitrogen and oxygen atoms in total. The van der Waals surface area contributed by atoms with Crippen molar-refractivity contribution in [2.45, 2.75) is 0 Å². The van der Waals surface area contributed by atoms with Gasteiger partial charge in [-0.2, -0.15) is 0 Å². The molecule has 0 spiro atoms. The number of nitrogens with zero attached hydrogens (tertiary/aromatic N) is 4. The van der Waals surface area contributed by atoms with Crippen molar-refractivity contribution in [1.29, 1.82) is 0 Å². The van der Waals surface area contributed by atoms with Gasteiger partial charge in [0.15, 0.2) is 17.3 Å². The van der Waals surface area contributed by atoms with E-state index in [0.29, 0.717) is 0 Å². The standard InChI is InChI=1S/C46H30N4O/c1-4-16-31(17-5-1)43-44(32-18-6-2-7-19-32)48-46(45(47-43)33-20-8-3-9-21-33)50-39-26-14-15-27-41(39)51-42-30-34(28-29-40(42)50)49-37-24-12-10-22-35(37)36-23-11-13-25-38(36)49/h1-30H. The zero-order valence-corrected chi connectivity index (χ0v) is 27.5. The Morgan fingerprint density at radius 1 is 0.392 bits per heavy atom. The number of ether oxygens (including phenoxy) is 1. The second kappa shape index (κ2) is 11.9. The first-order chi connectivity index (χ1) is 25.3. The van der Waals surface area contributed by atoms with Gasteiger partial charge in [-0.15, -0.1) is 0 Å². The fraction of sp³-hybridized carbons (Fsp3) is 0. The van der Waals surface area contributed by atoms with Gasteiger partial charge in [0, 0.05) is 33.5 Å². The molecule has 0 N–H and O–H groups in total. The summed E-state index contributed by atoms with van der Waals surface area (Å²) in [6, 6.07) is 62.7. The van der Waals surface area contributed by atoms with Crippen LogP contribution in [0, 0.1) is 0 Å². The van der Waals surface area contributed by atoms with Crippen molar-refractivity contribution in [1.82, 2.24) is 14.5 Å². The van der Waals surface area contributed by atoms with Gasteiger partial charge in [0.25, 0.3) is 0 Å². The third-order valence-corrected chi connectivity index (χ3v) is 9.58. The Labute approximate surface area is 295 Å². The van der Waals surface area contributed by atoms with E-state index >= 15 is 0 Å². The molecule has 5 heteroatoms. The fourth-order valence-corrected chi connectivity index (χ4v) is 7.28. The second-order valence-corrected chi connectivity index (χ2v) is 12.6. The lowest BCUT2D eigenvalue weighted by molar-refractivity contribution is 0.476. The van der Waals surface area contributed by atoms with Gasteiger partial charge in [-0.3, -0.25) is 4.90 Å². The molecule has 0 amide bonds. The van der Waals surface area contributed by atoms with Gasteiger partial charge in [-0.05, 0) is 36.4 Å². The van der Waals surface area contributed by atoms with E-state index in [1.807, 2.05) is 72.8 Å². The van der Waals surface area contributed by atoms with Crippen LogP contribution in [0.3, 0.4) is 0 Å². The summed E-state index contributed by atoms with van der Waals surface area (Å²) in [6.45, 7) is 0. The highest BCUT2D eigenvalue weighted by atomic mass is 16.5. The maximum atomic E-state index is 6.74. The Morgan fingerprint density at radius 2 is 0.882 bits per heavy atom. The normalized spacial score (nSPS) is 12.0. The maximum absolute atomic E-state index is 6.74. The Kier molecular flexibility index (Phi) is 6.74. The summed E-state index contributed by atoms with van der Waals surface area (Å²) < 4.78 is 9.06. The van der Waals surface area contributed by atoms with Crippen molar-refractivity contribution in [3.05, 3.63) is 182 Å². The number of fused-ring (bicyclic) bond motifs is 5. The number of hydrogen-bond acceptors (Lipinski definition) is 4. The summed E-state index contributed by atoms with van der Waals surface area (Å²) in [5.74, 6) is 2.21. The zero-order valence-electron chi connectivity index (χ0n) is 27.5. The second-order valence-electron chi connectivity index (χ2n) is 12.6. The van der Waals surface area contributed by atoms with Crippen LogP contribution in [-0.4, -0.2) is 14.5 Å². The van der Waals surface area contributed by atoms with Gasteiger partial charge in [0.2, 0.25) is 0 Å². The number of rotatable bonds is 5. The molecule has 0 radical (unpaired) electrons. The van der Waals surface area contributed by atoms with Crippen molar-refractivity contribution in [2.75, 3.05) is 4.90 Å². The van der Waals surface area contributed by atoms with Crippen LogP contribution in [0.5, 0.6) is 11.5 Å². The highest BCUT2D eigenvalue weighted by molar-refractivity contribution is 6.09. The van der Waals surface area contributed by atoms with Gasteiger partial charge in [0.1, 0.15) is 5.69 Å². The van der Waals surface area contributed by atoms with Crippen LogP contribution < -0.4 is 9.64 Å². The zero-order chi connectivity index (χ0) is 33.7. The van der Waals surface area contributed by atoms with E-state index in [9.17, 15) is 0 Å². The number of aromatic nitrogens is 3. The number of hydrogen-bond donors (Lipinski definition) is 0. The van der Waals surface area contributed by atoms with Crippen molar-refractivity contribution in [3.8, 4) is 51.0 Å².